The monoisotopic (exact) mass is 303 g/mol. The highest BCUT2D eigenvalue weighted by Crippen LogP contribution is 2.29. The molecule has 3 rings (SSSR count). The minimum absolute atomic E-state index is 0.492. The third kappa shape index (κ3) is 2.93. The molecule has 0 saturated heterocycles. The number of aromatic amines is 1. The molecular weight excluding hydrogens is 282 g/mol. The maximum atomic E-state index is 11.2. The van der Waals surface area contributed by atoms with Crippen LogP contribution in [0.1, 0.15) is 11.3 Å². The summed E-state index contributed by atoms with van der Waals surface area (Å²) in [5.74, 6) is 0.0138. The molecule has 1 aromatic carbocycles. The molecule has 1 aromatic heterocycles. The van der Waals surface area contributed by atoms with Crippen molar-refractivity contribution in [3.63, 3.8) is 0 Å². The molecule has 2 heterocycles. The summed E-state index contributed by atoms with van der Waals surface area (Å²) in [6, 6.07) is 5.42. The third-order valence-electron chi connectivity index (χ3n) is 4.00. The number of carboxylic acid groups (broad SMARTS) is 1. The molecule has 6 nitrogen and oxygen atoms in total. The Morgan fingerprint density at radius 3 is 3.00 bits per heavy atom. The number of ether oxygens (including phenoxy) is 1. The molecule has 0 amide bonds. The van der Waals surface area contributed by atoms with E-state index in [1.165, 1.54) is 0 Å². The molecule has 1 unspecified atom stereocenters. The number of nitrogens with zero attached hydrogens (tertiary/aromatic N) is 1. The largest absolute Gasteiger partial charge is 0.492 e. The van der Waals surface area contributed by atoms with E-state index in [4.69, 9.17) is 4.74 Å². The van der Waals surface area contributed by atoms with Gasteiger partial charge in [0.25, 0.3) is 0 Å². The van der Waals surface area contributed by atoms with E-state index in [0.29, 0.717) is 19.6 Å². The fourth-order valence-electron chi connectivity index (χ4n) is 2.78. The van der Waals surface area contributed by atoms with Crippen LogP contribution in [-0.4, -0.2) is 54.2 Å². The summed E-state index contributed by atoms with van der Waals surface area (Å²) >= 11 is 0. The van der Waals surface area contributed by atoms with Crippen LogP contribution < -0.4 is 10.1 Å². The number of rotatable bonds is 5. The number of carbonyl (C=O) groups is 1. The Morgan fingerprint density at radius 1 is 1.45 bits per heavy atom. The second kappa shape index (κ2) is 5.98. The summed E-state index contributed by atoms with van der Waals surface area (Å²) in [5.41, 5.74) is 3.18. The van der Waals surface area contributed by atoms with E-state index < -0.39 is 12.0 Å². The second-order valence-corrected chi connectivity index (χ2v) is 5.92. The Kier molecular flexibility index (Phi) is 4.04. The predicted molar refractivity (Wildman–Crippen MR) is 84.3 cm³/mol. The summed E-state index contributed by atoms with van der Waals surface area (Å²) in [7, 11) is 4.02. The van der Waals surface area contributed by atoms with E-state index in [9.17, 15) is 9.90 Å². The molecule has 22 heavy (non-hydrogen) atoms. The molecular formula is C16H21N3O3. The predicted octanol–water partition coefficient (Wildman–Crippen LogP) is 1.21. The summed E-state index contributed by atoms with van der Waals surface area (Å²) in [4.78, 5) is 16.6. The summed E-state index contributed by atoms with van der Waals surface area (Å²) in [6.07, 6.45) is 0.492. The first kappa shape index (κ1) is 14.9. The number of nitrogens with one attached hydrogen (secondary N) is 2. The lowest BCUT2D eigenvalue weighted by Crippen LogP contribution is -2.41. The van der Waals surface area contributed by atoms with Crippen molar-refractivity contribution in [2.24, 2.45) is 0 Å². The second-order valence-electron chi connectivity index (χ2n) is 5.92. The quantitative estimate of drug-likeness (QED) is 0.774. The van der Waals surface area contributed by atoms with Crippen LogP contribution in [0.3, 0.4) is 0 Å². The number of hydrogen-bond acceptors (Lipinski definition) is 4. The van der Waals surface area contributed by atoms with Gasteiger partial charge in [0.15, 0.2) is 0 Å². The number of carboxylic acids is 1. The van der Waals surface area contributed by atoms with Gasteiger partial charge in [-0.25, -0.2) is 0 Å². The zero-order valence-corrected chi connectivity index (χ0v) is 12.8. The molecule has 0 radical (unpaired) electrons. The van der Waals surface area contributed by atoms with Crippen molar-refractivity contribution in [2.75, 3.05) is 27.2 Å². The molecule has 0 aliphatic carbocycles. The molecule has 0 spiro atoms. The lowest BCUT2D eigenvalue weighted by atomic mass is 9.98. The van der Waals surface area contributed by atoms with Crippen LogP contribution in [0.15, 0.2) is 18.2 Å². The molecule has 0 saturated carbocycles. The molecule has 0 bridgehead atoms. The van der Waals surface area contributed by atoms with Crippen molar-refractivity contribution in [2.45, 2.75) is 19.0 Å². The lowest BCUT2D eigenvalue weighted by Gasteiger charge is -2.20. The minimum Gasteiger partial charge on any atom is -0.492 e. The lowest BCUT2D eigenvalue weighted by molar-refractivity contribution is -0.139. The zero-order valence-electron chi connectivity index (χ0n) is 12.8. The third-order valence-corrected chi connectivity index (χ3v) is 4.00. The number of likely N-dealkylation sites (N-methyl/N-ethyl adjacent to an activating group) is 1. The van der Waals surface area contributed by atoms with Crippen LogP contribution in [0.4, 0.5) is 0 Å². The van der Waals surface area contributed by atoms with Crippen molar-refractivity contribution < 1.29 is 14.6 Å². The highest BCUT2D eigenvalue weighted by atomic mass is 16.5. The first-order chi connectivity index (χ1) is 10.5. The normalized spacial score (nSPS) is 17.7. The van der Waals surface area contributed by atoms with Crippen LogP contribution >= 0.6 is 0 Å². The van der Waals surface area contributed by atoms with Gasteiger partial charge in [0.2, 0.25) is 0 Å². The standard InChI is InChI=1S/C16H21N3O3/c1-19(2)5-6-22-10-3-4-13-11(7-10)12-8-14(16(20)21)17-9-15(12)18-13/h3-4,7,14,17-18H,5-6,8-9H2,1-2H3,(H,20,21). The van der Waals surface area contributed by atoms with Gasteiger partial charge < -0.3 is 19.7 Å². The highest BCUT2D eigenvalue weighted by Gasteiger charge is 2.26. The van der Waals surface area contributed by atoms with Gasteiger partial charge in [-0.05, 0) is 37.9 Å². The molecule has 2 aromatic rings. The van der Waals surface area contributed by atoms with Crippen LogP contribution in [0.2, 0.25) is 0 Å². The number of H-pyrrole nitrogens is 1. The smallest absolute Gasteiger partial charge is 0.321 e. The van der Waals surface area contributed by atoms with E-state index in [0.717, 1.165) is 34.5 Å². The number of fused-ring (bicyclic) bond motifs is 3. The Bertz CT molecular complexity index is 693. The van der Waals surface area contributed by atoms with Crippen molar-refractivity contribution in [1.82, 2.24) is 15.2 Å². The van der Waals surface area contributed by atoms with Crippen LogP contribution in [0.5, 0.6) is 5.75 Å². The van der Waals surface area contributed by atoms with E-state index in [2.05, 4.69) is 15.2 Å². The maximum absolute atomic E-state index is 11.2. The SMILES string of the molecule is CN(C)CCOc1ccc2[nH]c3c(c2c1)CC(C(=O)O)NC3. The summed E-state index contributed by atoms with van der Waals surface area (Å²) in [6.45, 7) is 2.04. The molecule has 1 aliphatic rings. The van der Waals surface area contributed by atoms with Crippen molar-refractivity contribution in [3.05, 3.63) is 29.5 Å². The van der Waals surface area contributed by atoms with Crippen LogP contribution in [0.25, 0.3) is 10.9 Å². The van der Waals surface area contributed by atoms with Crippen molar-refractivity contribution >= 4 is 16.9 Å². The number of aliphatic carboxylic acids is 1. The number of benzene rings is 1. The minimum atomic E-state index is -0.807. The van der Waals surface area contributed by atoms with Gasteiger partial charge in [-0.2, -0.15) is 0 Å². The Morgan fingerprint density at radius 2 is 2.27 bits per heavy atom. The average molecular weight is 303 g/mol. The van der Waals surface area contributed by atoms with E-state index in [1.54, 1.807) is 0 Å². The molecule has 1 atom stereocenters. The zero-order chi connectivity index (χ0) is 15.7. The van der Waals surface area contributed by atoms with Crippen LogP contribution in [0, 0.1) is 0 Å². The summed E-state index contributed by atoms with van der Waals surface area (Å²) in [5, 5.41) is 13.3. The Labute approximate surface area is 129 Å². The molecule has 118 valence electrons. The van der Waals surface area contributed by atoms with Crippen molar-refractivity contribution in [3.8, 4) is 5.75 Å². The highest BCUT2D eigenvalue weighted by molar-refractivity contribution is 5.87. The molecule has 0 fully saturated rings. The fourth-order valence-corrected chi connectivity index (χ4v) is 2.78. The number of hydrogen-bond donors (Lipinski definition) is 3. The average Bonchev–Trinajstić information content (AvgIpc) is 2.84. The van der Waals surface area contributed by atoms with Gasteiger partial charge >= 0.3 is 5.97 Å². The van der Waals surface area contributed by atoms with E-state index >= 15 is 0 Å². The molecule has 1 aliphatic heterocycles. The molecule has 3 N–H and O–H groups in total. The van der Waals surface area contributed by atoms with Crippen LogP contribution in [-0.2, 0) is 17.8 Å². The number of aromatic nitrogens is 1. The Balaban J connectivity index is 1.85. The van der Waals surface area contributed by atoms with E-state index in [1.807, 2.05) is 32.3 Å². The fraction of sp³-hybridized carbons (Fsp3) is 0.438. The van der Waals surface area contributed by atoms with Gasteiger partial charge in [0.05, 0.1) is 0 Å². The summed E-state index contributed by atoms with van der Waals surface area (Å²) < 4.78 is 5.77. The molecule has 6 heteroatoms. The maximum Gasteiger partial charge on any atom is 0.321 e. The van der Waals surface area contributed by atoms with E-state index in [-0.39, 0.29) is 0 Å². The first-order valence-corrected chi connectivity index (χ1v) is 7.42. The van der Waals surface area contributed by atoms with Gasteiger partial charge in [-0.3, -0.25) is 10.1 Å². The van der Waals surface area contributed by atoms with Gasteiger partial charge in [0, 0.05) is 36.1 Å². The first-order valence-electron chi connectivity index (χ1n) is 7.42. The van der Waals surface area contributed by atoms with Crippen molar-refractivity contribution in [1.29, 1.82) is 0 Å². The topological polar surface area (TPSA) is 77.6 Å². The van der Waals surface area contributed by atoms with Gasteiger partial charge in [0.1, 0.15) is 18.4 Å². The Hall–Kier alpha value is -2.05. The van der Waals surface area contributed by atoms with Gasteiger partial charge in [-0.1, -0.05) is 0 Å². The van der Waals surface area contributed by atoms with Gasteiger partial charge in [-0.15, -0.1) is 0 Å².